The van der Waals surface area contributed by atoms with E-state index in [1.807, 2.05) is 18.7 Å². The summed E-state index contributed by atoms with van der Waals surface area (Å²) >= 11 is 1.04. The van der Waals surface area contributed by atoms with Crippen molar-refractivity contribution in [2.75, 3.05) is 43.2 Å². The van der Waals surface area contributed by atoms with Gasteiger partial charge in [0, 0.05) is 30.5 Å². The maximum absolute atomic E-state index is 13.6. The number of nitrogens with one attached hydrogen (secondary N) is 1. The summed E-state index contributed by atoms with van der Waals surface area (Å²) in [7, 11) is 0. The Labute approximate surface area is 245 Å². The van der Waals surface area contributed by atoms with E-state index < -0.39 is 24.3 Å². The highest BCUT2D eigenvalue weighted by Crippen LogP contribution is 2.39. The number of anilines is 2. The quantitative estimate of drug-likeness (QED) is 0.159. The van der Waals surface area contributed by atoms with Crippen LogP contribution in [0.1, 0.15) is 56.1 Å². The fraction of sp³-hybridized carbons (Fsp3) is 0.464. The van der Waals surface area contributed by atoms with Crippen molar-refractivity contribution in [3.63, 3.8) is 0 Å². The third-order valence-corrected chi connectivity index (χ3v) is 6.91. The summed E-state index contributed by atoms with van der Waals surface area (Å²) in [4.78, 5) is 39.3. The van der Waals surface area contributed by atoms with Gasteiger partial charge in [-0.1, -0.05) is 13.8 Å². The van der Waals surface area contributed by atoms with Gasteiger partial charge in [0.2, 0.25) is 0 Å². The summed E-state index contributed by atoms with van der Waals surface area (Å²) in [6.45, 7) is 6.46. The Kier molecular flexibility index (Phi) is 12.0. The molecule has 9 nitrogen and oxygen atoms in total. The number of hydrogen-bond acceptors (Lipinski definition) is 9. The minimum absolute atomic E-state index is 0.0168. The molecule has 0 bridgehead atoms. The van der Waals surface area contributed by atoms with Gasteiger partial charge in [-0.2, -0.15) is 13.2 Å². The van der Waals surface area contributed by atoms with Crippen LogP contribution in [0.25, 0.3) is 11.3 Å². The van der Waals surface area contributed by atoms with Crippen LogP contribution in [0.5, 0.6) is 5.75 Å². The summed E-state index contributed by atoms with van der Waals surface area (Å²) in [5.74, 6) is -0.723. The van der Waals surface area contributed by atoms with Crippen LogP contribution in [-0.2, 0) is 15.7 Å². The normalized spacial score (nSPS) is 13.6. The molecule has 1 aliphatic rings. The van der Waals surface area contributed by atoms with Crippen LogP contribution >= 0.6 is 11.3 Å². The molecule has 228 valence electrons. The van der Waals surface area contributed by atoms with E-state index in [1.54, 1.807) is 6.92 Å². The lowest BCUT2D eigenvalue weighted by molar-refractivity contribution is -0.148. The van der Waals surface area contributed by atoms with Crippen molar-refractivity contribution >= 4 is 34.2 Å². The Bertz CT molecular complexity index is 1310. The lowest BCUT2D eigenvalue weighted by atomic mass is 9.97. The number of halogens is 4. The van der Waals surface area contributed by atoms with Crippen molar-refractivity contribution in [3.8, 4) is 17.0 Å². The first-order valence-electron chi connectivity index (χ1n) is 13.6. The molecule has 1 amide bonds. The number of carbonyl (C=O) groups excluding carboxylic acids is 2. The van der Waals surface area contributed by atoms with E-state index in [0.717, 1.165) is 17.4 Å². The van der Waals surface area contributed by atoms with E-state index in [-0.39, 0.29) is 52.7 Å². The van der Waals surface area contributed by atoms with Gasteiger partial charge in [0.15, 0.2) is 5.13 Å². The molecule has 1 N–H and O–H groups in total. The van der Waals surface area contributed by atoms with Crippen molar-refractivity contribution in [1.82, 2.24) is 15.0 Å². The second kappa shape index (κ2) is 15.4. The van der Waals surface area contributed by atoms with Crippen molar-refractivity contribution < 1.29 is 36.6 Å². The number of thiazole rings is 1. The third-order valence-electron chi connectivity index (χ3n) is 6.15. The molecule has 1 fully saturated rings. The Morgan fingerprint density at radius 2 is 1.88 bits per heavy atom. The van der Waals surface area contributed by atoms with Gasteiger partial charge in [0.1, 0.15) is 17.3 Å². The predicted molar refractivity (Wildman–Crippen MR) is 152 cm³/mol. The van der Waals surface area contributed by atoms with E-state index in [9.17, 15) is 27.2 Å². The summed E-state index contributed by atoms with van der Waals surface area (Å²) < 4.78 is 63.2. The zero-order valence-corrected chi connectivity index (χ0v) is 24.4. The van der Waals surface area contributed by atoms with Crippen molar-refractivity contribution in [1.29, 1.82) is 0 Å². The highest BCUT2D eigenvalue weighted by Gasteiger charge is 2.35. The van der Waals surface area contributed by atoms with Gasteiger partial charge in [0.05, 0.1) is 49.5 Å². The number of piperidine rings is 1. The molecule has 3 aromatic rings. The van der Waals surface area contributed by atoms with E-state index >= 15 is 0 Å². The third kappa shape index (κ3) is 8.60. The summed E-state index contributed by atoms with van der Waals surface area (Å²) in [6, 6.07) is 3.50. The van der Waals surface area contributed by atoms with Crippen molar-refractivity contribution in [2.45, 2.75) is 46.2 Å². The maximum Gasteiger partial charge on any atom is 0.419 e. The van der Waals surface area contributed by atoms with Gasteiger partial charge < -0.3 is 14.4 Å². The van der Waals surface area contributed by atoms with Gasteiger partial charge in [-0.15, -0.1) is 11.3 Å². The van der Waals surface area contributed by atoms with Crippen LogP contribution in [0.3, 0.4) is 0 Å². The Morgan fingerprint density at radius 3 is 2.50 bits per heavy atom. The molecule has 0 saturated carbocycles. The highest BCUT2D eigenvalue weighted by atomic mass is 32.1. The number of benzene rings is 1. The molecular formula is C28H33F4N5O4S. The number of ether oxygens (including phenoxy) is 2. The topological polar surface area (TPSA) is 107 Å². The lowest BCUT2D eigenvalue weighted by Crippen LogP contribution is -2.37. The number of aromatic nitrogens is 3. The maximum atomic E-state index is 13.6. The van der Waals surface area contributed by atoms with Crippen LogP contribution < -0.4 is 15.0 Å². The molecule has 0 spiro atoms. The molecule has 0 unspecified atom stereocenters. The van der Waals surface area contributed by atoms with Crippen LogP contribution in [0, 0.1) is 5.92 Å². The zero-order chi connectivity index (χ0) is 30.7. The summed E-state index contributed by atoms with van der Waals surface area (Å²) in [5, 5.41) is 4.27. The smallest absolute Gasteiger partial charge is 0.419 e. The van der Waals surface area contributed by atoms with Gasteiger partial charge in [-0.3, -0.25) is 19.3 Å². The van der Waals surface area contributed by atoms with Crippen LogP contribution in [0.15, 0.2) is 36.0 Å². The molecule has 0 atom stereocenters. The van der Waals surface area contributed by atoms with Crippen LogP contribution in [0.4, 0.5) is 28.5 Å². The average molecular weight is 612 g/mol. The number of hydrogen-bond donors (Lipinski definition) is 1. The molecule has 3 heterocycles. The molecule has 2 aromatic heterocycles. The zero-order valence-electron chi connectivity index (χ0n) is 23.5. The largest absolute Gasteiger partial charge is 0.493 e. The van der Waals surface area contributed by atoms with Crippen LogP contribution in [0.2, 0.25) is 0 Å². The first-order valence-corrected chi connectivity index (χ1v) is 14.5. The molecule has 0 aliphatic carbocycles. The Morgan fingerprint density at radius 1 is 1.14 bits per heavy atom. The molecule has 1 aliphatic heterocycles. The minimum Gasteiger partial charge on any atom is -0.493 e. The minimum atomic E-state index is -4.68. The highest BCUT2D eigenvalue weighted by molar-refractivity contribution is 7.14. The van der Waals surface area contributed by atoms with Gasteiger partial charge in [0.25, 0.3) is 5.91 Å². The number of rotatable bonds is 10. The molecule has 1 aromatic carbocycles. The first kappa shape index (κ1) is 32.7. The number of esters is 1. The second-order valence-corrected chi connectivity index (χ2v) is 9.72. The number of nitrogens with zero attached hydrogens (tertiary/aromatic N) is 4. The van der Waals surface area contributed by atoms with Crippen LogP contribution in [-0.4, -0.2) is 59.8 Å². The number of alkyl halides is 4. The molecule has 14 heteroatoms. The standard InChI is InChI=1S/C26H27F4N5O4S.C2H6/c1-2-38-24(37)16-6-9-35(10-7-16)22-14-31-19(13-32-22)23(36)34-25-33-20(15-40-25)17-4-5-21(39-11-3-8-27)18(12-17)26(28,29)30;1-2/h4-5,12-16H,2-3,6-11H2,1H3,(H,33,34,36);1-2H3. The molecule has 0 radical (unpaired) electrons. The molecule has 1 saturated heterocycles. The van der Waals surface area contributed by atoms with Gasteiger partial charge >= 0.3 is 12.1 Å². The Hall–Kier alpha value is -3.81. The van der Waals surface area contributed by atoms with Gasteiger partial charge in [-0.25, -0.2) is 15.0 Å². The Balaban J connectivity index is 0.00000237. The summed E-state index contributed by atoms with van der Waals surface area (Å²) in [6.07, 6.45) is -0.632. The summed E-state index contributed by atoms with van der Waals surface area (Å²) in [5.41, 5.74) is -0.550. The monoisotopic (exact) mass is 611 g/mol. The molecular weight excluding hydrogens is 578 g/mol. The molecule has 4 rings (SSSR count). The van der Waals surface area contributed by atoms with Crippen molar-refractivity contribution in [2.24, 2.45) is 5.92 Å². The molecule has 42 heavy (non-hydrogen) atoms. The number of amides is 1. The van der Waals surface area contributed by atoms with E-state index in [2.05, 4.69) is 20.3 Å². The van der Waals surface area contributed by atoms with E-state index in [1.165, 1.54) is 29.9 Å². The van der Waals surface area contributed by atoms with E-state index in [4.69, 9.17) is 9.47 Å². The second-order valence-electron chi connectivity index (χ2n) is 8.86. The van der Waals surface area contributed by atoms with Gasteiger partial charge in [-0.05, 0) is 38.0 Å². The fourth-order valence-electron chi connectivity index (χ4n) is 4.10. The predicted octanol–water partition coefficient (Wildman–Crippen LogP) is 6.42. The average Bonchev–Trinajstić information content (AvgIpc) is 3.46. The van der Waals surface area contributed by atoms with E-state index in [0.29, 0.717) is 38.4 Å². The fourth-order valence-corrected chi connectivity index (χ4v) is 4.82. The SMILES string of the molecule is CC.CCOC(=O)C1CCN(c2cnc(C(=O)Nc3nc(-c4ccc(OCCCF)c(C(F)(F)F)c4)cs3)cn2)CC1. The lowest BCUT2D eigenvalue weighted by Gasteiger charge is -2.31. The van der Waals surface area contributed by atoms with Crippen molar-refractivity contribution in [3.05, 3.63) is 47.2 Å². The number of carbonyl (C=O) groups is 2. The first-order chi connectivity index (χ1) is 20.2.